The number of thiophene rings is 1. The van der Waals surface area contributed by atoms with Gasteiger partial charge in [0.2, 0.25) is 0 Å². The van der Waals surface area contributed by atoms with E-state index in [1.165, 1.54) is 13.0 Å². The van der Waals surface area contributed by atoms with Gasteiger partial charge in [-0.25, -0.2) is 4.79 Å². The third kappa shape index (κ3) is 3.87. The Hall–Kier alpha value is -0.240. The average Bonchev–Trinajstić information content (AvgIpc) is 2.64. The summed E-state index contributed by atoms with van der Waals surface area (Å²) >= 11 is 4.20. The summed E-state index contributed by atoms with van der Waals surface area (Å²) in [4.78, 5) is 11.3. The summed E-state index contributed by atoms with van der Waals surface area (Å²) in [5.41, 5.74) is 5.36. The molecule has 0 saturated carbocycles. The monoisotopic (exact) mass is 349 g/mol. The van der Waals surface area contributed by atoms with E-state index >= 15 is 0 Å². The zero-order valence-corrected chi connectivity index (χ0v) is 12.0. The normalized spacial score (nSPS) is 12.8. The highest BCUT2D eigenvalue weighted by atomic mass is 79.9. The van der Waals surface area contributed by atoms with Gasteiger partial charge >= 0.3 is 11.9 Å². The predicted octanol–water partition coefficient (Wildman–Crippen LogP) is 3.13. The fraction of sp³-hybridized carbons (Fsp3) is 0.444. The summed E-state index contributed by atoms with van der Waals surface area (Å²) in [6, 6.07) is 1.37. The number of rotatable bonds is 4. The maximum Gasteiger partial charge on any atom is 0.379 e. The molecule has 0 bridgehead atoms. The second-order valence-electron chi connectivity index (χ2n) is 2.96. The van der Waals surface area contributed by atoms with Gasteiger partial charge in [0.1, 0.15) is 6.04 Å². The quantitative estimate of drug-likeness (QED) is 0.849. The van der Waals surface area contributed by atoms with Crippen molar-refractivity contribution in [2.45, 2.75) is 18.9 Å². The van der Waals surface area contributed by atoms with Crippen LogP contribution < -0.4 is 5.73 Å². The molecule has 1 aromatic rings. The molecule has 0 unspecified atom stereocenters. The molecule has 98 valence electrons. The second-order valence-corrected chi connectivity index (χ2v) is 5.46. The van der Waals surface area contributed by atoms with Crippen molar-refractivity contribution < 1.29 is 18.3 Å². The Morgan fingerprint density at radius 2 is 2.24 bits per heavy atom. The first-order valence-electron chi connectivity index (χ1n) is 4.45. The largest absolute Gasteiger partial charge is 0.462 e. The maximum absolute atomic E-state index is 13.5. The average molecular weight is 351 g/mol. The smallest absolute Gasteiger partial charge is 0.379 e. The van der Waals surface area contributed by atoms with Crippen molar-refractivity contribution >= 4 is 45.6 Å². The Morgan fingerprint density at radius 1 is 1.65 bits per heavy atom. The third-order valence-electron chi connectivity index (χ3n) is 1.84. The van der Waals surface area contributed by atoms with Crippen LogP contribution in [0.3, 0.4) is 0 Å². The van der Waals surface area contributed by atoms with Crippen molar-refractivity contribution in [2.24, 2.45) is 5.73 Å². The van der Waals surface area contributed by atoms with Crippen LogP contribution in [0.15, 0.2) is 15.9 Å². The van der Waals surface area contributed by atoms with Crippen LogP contribution in [0.5, 0.6) is 0 Å². The lowest BCUT2D eigenvalue weighted by Gasteiger charge is -2.20. The Morgan fingerprint density at radius 3 is 2.65 bits per heavy atom. The molecule has 8 heteroatoms. The van der Waals surface area contributed by atoms with Gasteiger partial charge in [-0.05, 0) is 35.0 Å². The van der Waals surface area contributed by atoms with E-state index in [0.717, 1.165) is 11.3 Å². The summed E-state index contributed by atoms with van der Waals surface area (Å²) in [6.45, 7) is 1.36. The lowest BCUT2D eigenvalue weighted by molar-refractivity contribution is -0.174. The molecular formula is C9H11BrClF2NO2S. The molecular weight excluding hydrogens is 340 g/mol. The standard InChI is InChI=1S/C9H10BrF2NO2S.ClH/c1-2-15-8(14)9(11,12)7(13)5-3-4-6(10)16-5;/h3-4,7H,2,13H2,1H3;1H/t7-;/m0./s1. The van der Waals surface area contributed by atoms with Crippen LogP contribution in [0.25, 0.3) is 0 Å². The summed E-state index contributed by atoms with van der Waals surface area (Å²) in [5, 5.41) is 0. The number of nitrogens with two attached hydrogens (primary N) is 1. The highest BCUT2D eigenvalue weighted by molar-refractivity contribution is 9.11. The minimum atomic E-state index is -3.71. The van der Waals surface area contributed by atoms with Crippen LogP contribution in [0, 0.1) is 0 Å². The van der Waals surface area contributed by atoms with Gasteiger partial charge in [-0.2, -0.15) is 8.78 Å². The van der Waals surface area contributed by atoms with E-state index in [4.69, 9.17) is 5.73 Å². The molecule has 1 rings (SSSR count). The van der Waals surface area contributed by atoms with E-state index in [1.54, 1.807) is 6.07 Å². The van der Waals surface area contributed by atoms with E-state index in [-0.39, 0.29) is 23.9 Å². The predicted molar refractivity (Wildman–Crippen MR) is 67.8 cm³/mol. The van der Waals surface area contributed by atoms with Crippen LogP contribution in [0.2, 0.25) is 0 Å². The van der Waals surface area contributed by atoms with Crippen LogP contribution >= 0.6 is 39.7 Å². The first-order valence-corrected chi connectivity index (χ1v) is 6.06. The number of carbonyl (C=O) groups excluding carboxylic acids is 1. The first-order chi connectivity index (χ1) is 7.39. The number of esters is 1. The molecule has 0 aliphatic rings. The highest BCUT2D eigenvalue weighted by Crippen LogP contribution is 2.35. The van der Waals surface area contributed by atoms with Gasteiger partial charge in [-0.1, -0.05) is 0 Å². The van der Waals surface area contributed by atoms with E-state index < -0.39 is 17.9 Å². The zero-order valence-electron chi connectivity index (χ0n) is 8.78. The molecule has 0 amide bonds. The van der Waals surface area contributed by atoms with Crippen molar-refractivity contribution in [1.82, 2.24) is 0 Å². The number of hydrogen-bond acceptors (Lipinski definition) is 4. The van der Waals surface area contributed by atoms with Gasteiger partial charge in [0.05, 0.1) is 10.4 Å². The maximum atomic E-state index is 13.5. The number of carbonyl (C=O) groups is 1. The minimum absolute atomic E-state index is 0. The zero-order chi connectivity index (χ0) is 12.3. The fourth-order valence-corrected chi connectivity index (χ4v) is 2.49. The van der Waals surface area contributed by atoms with Crippen LogP contribution in [0.4, 0.5) is 8.78 Å². The van der Waals surface area contributed by atoms with Crippen molar-refractivity contribution in [1.29, 1.82) is 0 Å². The first kappa shape index (κ1) is 16.8. The molecule has 1 heterocycles. The molecule has 1 atom stereocenters. The Labute approximate surface area is 116 Å². The molecule has 3 nitrogen and oxygen atoms in total. The van der Waals surface area contributed by atoms with Crippen molar-refractivity contribution in [3.63, 3.8) is 0 Å². The molecule has 0 aliphatic heterocycles. The minimum Gasteiger partial charge on any atom is -0.462 e. The van der Waals surface area contributed by atoms with Crippen LogP contribution in [-0.2, 0) is 9.53 Å². The fourth-order valence-electron chi connectivity index (χ4n) is 1.03. The number of hydrogen-bond donors (Lipinski definition) is 1. The Balaban J connectivity index is 0.00000256. The summed E-state index contributed by atoms with van der Waals surface area (Å²) in [5.74, 6) is -5.30. The van der Waals surface area contributed by atoms with Gasteiger partial charge in [0.15, 0.2) is 0 Å². The van der Waals surface area contributed by atoms with Crippen LogP contribution in [0.1, 0.15) is 17.8 Å². The van der Waals surface area contributed by atoms with Gasteiger partial charge in [-0.15, -0.1) is 23.7 Å². The van der Waals surface area contributed by atoms with Crippen molar-refractivity contribution in [3.05, 3.63) is 20.8 Å². The molecule has 0 fully saturated rings. The highest BCUT2D eigenvalue weighted by Gasteiger charge is 2.48. The number of halogens is 4. The van der Waals surface area contributed by atoms with Crippen molar-refractivity contribution in [3.8, 4) is 0 Å². The lowest BCUT2D eigenvalue weighted by Crippen LogP contribution is -2.41. The summed E-state index contributed by atoms with van der Waals surface area (Å²) in [6.07, 6.45) is 0. The lowest BCUT2D eigenvalue weighted by atomic mass is 10.1. The van der Waals surface area contributed by atoms with Gasteiger partial charge in [0, 0.05) is 4.88 Å². The Bertz CT molecular complexity index is 389. The molecule has 2 N–H and O–H groups in total. The van der Waals surface area contributed by atoms with E-state index in [2.05, 4.69) is 20.7 Å². The molecule has 1 aromatic heterocycles. The number of alkyl halides is 2. The SMILES string of the molecule is CCOC(=O)C(F)(F)[C@@H](N)c1ccc(Br)s1.Cl. The van der Waals surface area contributed by atoms with E-state index in [9.17, 15) is 13.6 Å². The molecule has 0 spiro atoms. The molecule has 0 saturated heterocycles. The second kappa shape index (κ2) is 6.63. The molecule has 0 aromatic carbocycles. The molecule has 17 heavy (non-hydrogen) atoms. The van der Waals surface area contributed by atoms with E-state index in [0.29, 0.717) is 3.79 Å². The van der Waals surface area contributed by atoms with Gasteiger partial charge in [-0.3, -0.25) is 0 Å². The topological polar surface area (TPSA) is 52.3 Å². The van der Waals surface area contributed by atoms with Crippen LogP contribution in [-0.4, -0.2) is 18.5 Å². The summed E-state index contributed by atoms with van der Waals surface area (Å²) < 4.78 is 31.9. The van der Waals surface area contributed by atoms with Gasteiger partial charge in [0.25, 0.3) is 0 Å². The molecule has 0 aliphatic carbocycles. The molecule has 0 radical (unpaired) electrons. The number of ether oxygens (including phenoxy) is 1. The third-order valence-corrected chi connectivity index (χ3v) is 3.55. The summed E-state index contributed by atoms with van der Waals surface area (Å²) in [7, 11) is 0. The van der Waals surface area contributed by atoms with Crippen molar-refractivity contribution in [2.75, 3.05) is 6.61 Å². The van der Waals surface area contributed by atoms with E-state index in [1.807, 2.05) is 0 Å². The Kier molecular flexibility index (Phi) is 6.53. The van der Waals surface area contributed by atoms with Gasteiger partial charge < -0.3 is 10.5 Å².